The standard InChI is InChI=1S/C19H16ClN3O2/c1-25-15-9-7-14(8-10-15)22-18-11-6-13(12-21-18)19(24)23-17-5-3-2-4-16(17)20/h2-12H,1H3,(H,21,22)(H,23,24). The topological polar surface area (TPSA) is 63.2 Å². The number of hydrogen-bond donors (Lipinski definition) is 2. The number of ether oxygens (including phenoxy) is 1. The number of pyridine rings is 1. The van der Waals surface area contributed by atoms with E-state index in [0.29, 0.717) is 22.1 Å². The van der Waals surface area contributed by atoms with Gasteiger partial charge in [-0.15, -0.1) is 0 Å². The Morgan fingerprint density at radius 1 is 1.04 bits per heavy atom. The van der Waals surface area contributed by atoms with Crippen molar-refractivity contribution in [2.24, 2.45) is 0 Å². The fourth-order valence-electron chi connectivity index (χ4n) is 2.18. The quantitative estimate of drug-likeness (QED) is 0.695. The number of methoxy groups -OCH3 is 1. The summed E-state index contributed by atoms with van der Waals surface area (Å²) in [6.45, 7) is 0. The van der Waals surface area contributed by atoms with Crippen LogP contribution in [0.15, 0.2) is 66.9 Å². The molecule has 0 aliphatic heterocycles. The third-order valence-electron chi connectivity index (χ3n) is 3.51. The van der Waals surface area contributed by atoms with Gasteiger partial charge in [0.2, 0.25) is 0 Å². The first-order chi connectivity index (χ1) is 12.2. The number of carbonyl (C=O) groups excluding carboxylic acids is 1. The summed E-state index contributed by atoms with van der Waals surface area (Å²) in [7, 11) is 1.62. The summed E-state index contributed by atoms with van der Waals surface area (Å²) in [5.41, 5.74) is 1.89. The molecule has 0 atom stereocenters. The first-order valence-electron chi connectivity index (χ1n) is 7.59. The second-order valence-electron chi connectivity index (χ2n) is 5.22. The molecule has 5 nitrogen and oxygen atoms in total. The van der Waals surface area contributed by atoms with Gasteiger partial charge in [0.15, 0.2) is 0 Å². The summed E-state index contributed by atoms with van der Waals surface area (Å²) >= 11 is 6.04. The number of amides is 1. The van der Waals surface area contributed by atoms with Crippen LogP contribution in [0.25, 0.3) is 0 Å². The van der Waals surface area contributed by atoms with Gasteiger partial charge in [0.05, 0.1) is 23.4 Å². The molecular formula is C19H16ClN3O2. The molecule has 0 saturated carbocycles. The van der Waals surface area contributed by atoms with Crippen molar-refractivity contribution in [3.05, 3.63) is 77.4 Å². The number of carbonyl (C=O) groups is 1. The number of nitrogens with zero attached hydrogens (tertiary/aromatic N) is 1. The predicted molar refractivity (Wildman–Crippen MR) is 99.9 cm³/mol. The Bertz CT molecular complexity index is 865. The summed E-state index contributed by atoms with van der Waals surface area (Å²) < 4.78 is 5.12. The minimum absolute atomic E-state index is 0.267. The van der Waals surface area contributed by atoms with Crippen LogP contribution in [0.1, 0.15) is 10.4 Å². The molecule has 1 aromatic heterocycles. The molecular weight excluding hydrogens is 338 g/mol. The number of halogens is 1. The van der Waals surface area contributed by atoms with Gasteiger partial charge in [-0.05, 0) is 48.5 Å². The van der Waals surface area contributed by atoms with E-state index in [4.69, 9.17) is 16.3 Å². The molecule has 126 valence electrons. The number of hydrogen-bond acceptors (Lipinski definition) is 4. The van der Waals surface area contributed by atoms with E-state index in [9.17, 15) is 4.79 Å². The van der Waals surface area contributed by atoms with Crippen LogP contribution < -0.4 is 15.4 Å². The Kier molecular flexibility index (Phi) is 5.16. The second kappa shape index (κ2) is 7.68. The summed E-state index contributed by atoms with van der Waals surface area (Å²) in [4.78, 5) is 16.5. The lowest BCUT2D eigenvalue weighted by Gasteiger charge is -2.09. The number of para-hydroxylation sites is 1. The van der Waals surface area contributed by atoms with E-state index in [-0.39, 0.29) is 5.91 Å². The third-order valence-corrected chi connectivity index (χ3v) is 3.84. The molecule has 0 aliphatic rings. The van der Waals surface area contributed by atoms with E-state index in [1.165, 1.54) is 6.20 Å². The maximum Gasteiger partial charge on any atom is 0.257 e. The van der Waals surface area contributed by atoms with Gasteiger partial charge in [0.25, 0.3) is 5.91 Å². The highest BCUT2D eigenvalue weighted by atomic mass is 35.5. The molecule has 2 aromatic carbocycles. The van der Waals surface area contributed by atoms with Crippen molar-refractivity contribution in [3.63, 3.8) is 0 Å². The number of nitrogens with one attached hydrogen (secondary N) is 2. The highest BCUT2D eigenvalue weighted by Gasteiger charge is 2.09. The van der Waals surface area contributed by atoms with Gasteiger partial charge >= 0.3 is 0 Å². The average Bonchev–Trinajstić information content (AvgIpc) is 2.65. The summed E-state index contributed by atoms with van der Waals surface area (Å²) in [5, 5.41) is 6.41. The number of anilines is 3. The molecule has 3 aromatic rings. The highest BCUT2D eigenvalue weighted by Crippen LogP contribution is 2.22. The van der Waals surface area contributed by atoms with Crippen LogP contribution in [0.5, 0.6) is 5.75 Å². The maximum absolute atomic E-state index is 12.3. The van der Waals surface area contributed by atoms with E-state index in [0.717, 1.165) is 11.4 Å². The third kappa shape index (κ3) is 4.28. The van der Waals surface area contributed by atoms with Gasteiger partial charge in [0, 0.05) is 11.9 Å². The van der Waals surface area contributed by atoms with E-state index in [2.05, 4.69) is 15.6 Å². The molecule has 2 N–H and O–H groups in total. The Balaban J connectivity index is 1.67. The van der Waals surface area contributed by atoms with Gasteiger partial charge in [-0.2, -0.15) is 0 Å². The van der Waals surface area contributed by atoms with Crippen molar-refractivity contribution in [3.8, 4) is 5.75 Å². The smallest absolute Gasteiger partial charge is 0.257 e. The zero-order valence-corrected chi connectivity index (χ0v) is 14.2. The van der Waals surface area contributed by atoms with Crippen molar-refractivity contribution in [2.45, 2.75) is 0 Å². The molecule has 0 aliphatic carbocycles. The van der Waals surface area contributed by atoms with Gasteiger partial charge < -0.3 is 15.4 Å². The van der Waals surface area contributed by atoms with Crippen LogP contribution in [0.3, 0.4) is 0 Å². The van der Waals surface area contributed by atoms with Gasteiger partial charge in [-0.1, -0.05) is 23.7 Å². The Morgan fingerprint density at radius 2 is 1.80 bits per heavy atom. The SMILES string of the molecule is COc1ccc(Nc2ccc(C(=O)Nc3ccccc3Cl)cn2)cc1. The lowest BCUT2D eigenvalue weighted by Crippen LogP contribution is -2.12. The van der Waals surface area contributed by atoms with Crippen LogP contribution in [0, 0.1) is 0 Å². The largest absolute Gasteiger partial charge is 0.497 e. The minimum Gasteiger partial charge on any atom is -0.497 e. The molecule has 0 bridgehead atoms. The lowest BCUT2D eigenvalue weighted by molar-refractivity contribution is 0.102. The van der Waals surface area contributed by atoms with Crippen molar-refractivity contribution in [2.75, 3.05) is 17.7 Å². The molecule has 0 unspecified atom stereocenters. The number of aromatic nitrogens is 1. The van der Waals surface area contributed by atoms with Gasteiger partial charge in [-0.25, -0.2) is 4.98 Å². The Morgan fingerprint density at radius 3 is 2.44 bits per heavy atom. The fraction of sp³-hybridized carbons (Fsp3) is 0.0526. The first kappa shape index (κ1) is 16.8. The van der Waals surface area contributed by atoms with Crippen LogP contribution in [-0.2, 0) is 0 Å². The number of benzene rings is 2. The van der Waals surface area contributed by atoms with Crippen molar-refractivity contribution >= 4 is 34.7 Å². The normalized spacial score (nSPS) is 10.2. The summed E-state index contributed by atoms with van der Waals surface area (Å²) in [6.07, 6.45) is 1.51. The van der Waals surface area contributed by atoms with Crippen molar-refractivity contribution in [1.82, 2.24) is 4.98 Å². The number of rotatable bonds is 5. The van der Waals surface area contributed by atoms with E-state index < -0.39 is 0 Å². The first-order valence-corrected chi connectivity index (χ1v) is 7.96. The van der Waals surface area contributed by atoms with E-state index in [1.54, 1.807) is 37.4 Å². The molecule has 0 spiro atoms. The highest BCUT2D eigenvalue weighted by molar-refractivity contribution is 6.33. The van der Waals surface area contributed by atoms with E-state index in [1.807, 2.05) is 30.3 Å². The molecule has 0 saturated heterocycles. The maximum atomic E-state index is 12.3. The zero-order chi connectivity index (χ0) is 17.6. The molecule has 1 amide bonds. The minimum atomic E-state index is -0.267. The Hall–Kier alpha value is -3.05. The molecule has 0 fully saturated rings. The lowest BCUT2D eigenvalue weighted by atomic mass is 10.2. The van der Waals surface area contributed by atoms with Crippen LogP contribution >= 0.6 is 11.6 Å². The molecule has 0 radical (unpaired) electrons. The summed E-state index contributed by atoms with van der Waals surface area (Å²) in [6, 6.07) is 18.0. The zero-order valence-electron chi connectivity index (χ0n) is 13.5. The van der Waals surface area contributed by atoms with Gasteiger partial charge in [0.1, 0.15) is 11.6 Å². The monoisotopic (exact) mass is 353 g/mol. The molecule has 3 rings (SSSR count). The van der Waals surface area contributed by atoms with E-state index >= 15 is 0 Å². The summed E-state index contributed by atoms with van der Waals surface area (Å²) in [5.74, 6) is 1.15. The Labute approximate surface area is 150 Å². The molecule has 6 heteroatoms. The molecule has 1 heterocycles. The van der Waals surface area contributed by atoms with Crippen LogP contribution in [0.2, 0.25) is 5.02 Å². The fourth-order valence-corrected chi connectivity index (χ4v) is 2.36. The second-order valence-corrected chi connectivity index (χ2v) is 5.63. The average molecular weight is 354 g/mol. The van der Waals surface area contributed by atoms with Crippen LogP contribution in [0.4, 0.5) is 17.2 Å². The predicted octanol–water partition coefficient (Wildman–Crippen LogP) is 4.74. The van der Waals surface area contributed by atoms with Gasteiger partial charge in [-0.3, -0.25) is 4.79 Å². The van der Waals surface area contributed by atoms with Crippen LogP contribution in [-0.4, -0.2) is 18.0 Å². The van der Waals surface area contributed by atoms with Crippen molar-refractivity contribution in [1.29, 1.82) is 0 Å². The molecule has 25 heavy (non-hydrogen) atoms. The van der Waals surface area contributed by atoms with Crippen molar-refractivity contribution < 1.29 is 9.53 Å².